The molecule has 120 valence electrons. The maximum Gasteiger partial charge on any atom is 0.225 e. The topological polar surface area (TPSA) is 58.1 Å². The Balaban J connectivity index is 1.94. The van der Waals surface area contributed by atoms with E-state index in [1.165, 1.54) is 5.56 Å². The highest BCUT2D eigenvalue weighted by Gasteiger charge is 2.23. The minimum atomic E-state index is 0.136. The average Bonchev–Trinajstić information content (AvgIpc) is 2.96. The molecule has 2 aromatic rings. The molecule has 1 amide bonds. The van der Waals surface area contributed by atoms with Gasteiger partial charge in [0, 0.05) is 44.2 Å². The summed E-state index contributed by atoms with van der Waals surface area (Å²) in [5.41, 5.74) is 5.34. The first-order valence-corrected chi connectivity index (χ1v) is 7.85. The third-order valence-corrected chi connectivity index (χ3v) is 4.41. The van der Waals surface area contributed by atoms with Gasteiger partial charge < -0.3 is 10.2 Å². The molecule has 1 N–H and O–H groups in total. The first kappa shape index (κ1) is 15.5. The minimum absolute atomic E-state index is 0.136. The second-order valence-electron chi connectivity index (χ2n) is 6.30. The zero-order valence-corrected chi connectivity index (χ0v) is 14.1. The van der Waals surface area contributed by atoms with Gasteiger partial charge in [0.05, 0.1) is 5.69 Å². The number of carbonyl (C=O) groups is 1. The molecule has 0 bridgehead atoms. The van der Waals surface area contributed by atoms with Crippen molar-refractivity contribution in [3.8, 4) is 11.3 Å². The van der Waals surface area contributed by atoms with E-state index < -0.39 is 0 Å². The number of aromatic nitrogens is 2. The fraction of sp³-hybridized carbons (Fsp3) is 0.389. The molecule has 0 saturated carbocycles. The van der Waals surface area contributed by atoms with Crippen molar-refractivity contribution < 1.29 is 4.79 Å². The van der Waals surface area contributed by atoms with Crippen molar-refractivity contribution in [2.24, 2.45) is 0 Å². The van der Waals surface area contributed by atoms with Gasteiger partial charge in [0.2, 0.25) is 11.9 Å². The number of nitrogens with one attached hydrogen (secondary N) is 1. The Morgan fingerprint density at radius 1 is 1.13 bits per heavy atom. The van der Waals surface area contributed by atoms with Crippen LogP contribution in [0.15, 0.2) is 24.3 Å². The maximum atomic E-state index is 11.4. The van der Waals surface area contributed by atoms with Crippen molar-refractivity contribution >= 4 is 11.9 Å². The maximum absolute atomic E-state index is 11.4. The molecule has 2 heterocycles. The van der Waals surface area contributed by atoms with Crippen LogP contribution in [0.25, 0.3) is 11.3 Å². The zero-order valence-electron chi connectivity index (χ0n) is 14.1. The molecule has 1 aliphatic rings. The van der Waals surface area contributed by atoms with E-state index in [0.717, 1.165) is 35.0 Å². The Morgan fingerprint density at radius 3 is 2.39 bits per heavy atom. The monoisotopic (exact) mass is 310 g/mol. The van der Waals surface area contributed by atoms with Crippen molar-refractivity contribution in [2.45, 2.75) is 26.2 Å². The fourth-order valence-electron chi connectivity index (χ4n) is 2.85. The van der Waals surface area contributed by atoms with Crippen LogP contribution in [-0.4, -0.2) is 36.5 Å². The van der Waals surface area contributed by atoms with Crippen LogP contribution in [0.2, 0.25) is 0 Å². The minimum Gasteiger partial charge on any atom is -0.355 e. The molecule has 1 aliphatic heterocycles. The quantitative estimate of drug-likeness (QED) is 0.946. The van der Waals surface area contributed by atoms with Gasteiger partial charge in [-0.3, -0.25) is 4.79 Å². The van der Waals surface area contributed by atoms with Crippen molar-refractivity contribution in [3.05, 3.63) is 41.1 Å². The molecule has 5 heteroatoms. The first-order chi connectivity index (χ1) is 11.0. The number of carbonyl (C=O) groups excluding carboxylic acids is 1. The van der Waals surface area contributed by atoms with Crippen molar-refractivity contribution in [2.75, 3.05) is 25.5 Å². The number of hydrogen-bond donors (Lipinski definition) is 1. The van der Waals surface area contributed by atoms with E-state index in [4.69, 9.17) is 4.98 Å². The summed E-state index contributed by atoms with van der Waals surface area (Å²) in [6.07, 6.45) is 0.579. The predicted molar refractivity (Wildman–Crippen MR) is 91.6 cm³/mol. The highest BCUT2D eigenvalue weighted by molar-refractivity contribution is 5.79. The molecule has 1 aromatic carbocycles. The van der Waals surface area contributed by atoms with Gasteiger partial charge >= 0.3 is 0 Å². The van der Waals surface area contributed by atoms with Crippen molar-refractivity contribution in [1.29, 1.82) is 0 Å². The number of amides is 1. The highest BCUT2D eigenvalue weighted by atomic mass is 16.1. The van der Waals surface area contributed by atoms with Gasteiger partial charge in [-0.1, -0.05) is 24.3 Å². The Hall–Kier alpha value is -2.43. The summed E-state index contributed by atoms with van der Waals surface area (Å²) >= 11 is 0. The van der Waals surface area contributed by atoms with Crippen LogP contribution >= 0.6 is 0 Å². The molecule has 0 aliphatic carbocycles. The summed E-state index contributed by atoms with van der Waals surface area (Å²) in [6, 6.07) is 8.39. The third kappa shape index (κ3) is 3.04. The van der Waals surface area contributed by atoms with Gasteiger partial charge in [-0.15, -0.1) is 0 Å². The summed E-state index contributed by atoms with van der Waals surface area (Å²) in [5, 5.41) is 2.89. The van der Waals surface area contributed by atoms with Crippen LogP contribution in [0.4, 0.5) is 5.95 Å². The lowest BCUT2D eigenvalue weighted by Gasteiger charge is -2.15. The van der Waals surface area contributed by atoms with E-state index in [0.29, 0.717) is 6.42 Å². The van der Waals surface area contributed by atoms with Gasteiger partial charge in [0.1, 0.15) is 0 Å². The van der Waals surface area contributed by atoms with Crippen LogP contribution in [0, 0.1) is 13.8 Å². The molecule has 1 atom stereocenters. The Labute approximate surface area is 136 Å². The normalized spacial score (nSPS) is 17.2. The molecular formula is C18H22N4O. The van der Waals surface area contributed by atoms with Crippen LogP contribution in [0.3, 0.4) is 0 Å². The Morgan fingerprint density at radius 2 is 1.83 bits per heavy atom. The molecule has 3 rings (SSSR count). The second kappa shape index (κ2) is 5.99. The molecule has 1 aromatic heterocycles. The van der Waals surface area contributed by atoms with Crippen LogP contribution in [0.5, 0.6) is 0 Å². The van der Waals surface area contributed by atoms with E-state index >= 15 is 0 Å². The molecule has 0 spiro atoms. The van der Waals surface area contributed by atoms with Gasteiger partial charge in [0.15, 0.2) is 0 Å². The summed E-state index contributed by atoms with van der Waals surface area (Å²) < 4.78 is 0. The molecule has 23 heavy (non-hydrogen) atoms. The van der Waals surface area contributed by atoms with E-state index in [1.807, 2.05) is 25.9 Å². The standard InChI is InChI=1S/C18H22N4O/c1-11-12(2)20-18(22(3)4)21-17(11)14-7-5-13(6-8-14)15-9-16(23)19-10-15/h5-8,15H,9-10H2,1-4H3,(H,19,23). The van der Waals surface area contributed by atoms with E-state index in [9.17, 15) is 4.79 Å². The van der Waals surface area contributed by atoms with Gasteiger partial charge in [-0.25, -0.2) is 9.97 Å². The fourth-order valence-corrected chi connectivity index (χ4v) is 2.85. The number of anilines is 1. The lowest BCUT2D eigenvalue weighted by atomic mass is 9.96. The molecule has 1 unspecified atom stereocenters. The van der Waals surface area contributed by atoms with E-state index in [2.05, 4.69) is 41.5 Å². The summed E-state index contributed by atoms with van der Waals surface area (Å²) in [6.45, 7) is 4.80. The third-order valence-electron chi connectivity index (χ3n) is 4.41. The number of hydrogen-bond acceptors (Lipinski definition) is 4. The van der Waals surface area contributed by atoms with E-state index in [-0.39, 0.29) is 11.8 Å². The van der Waals surface area contributed by atoms with Crippen LogP contribution < -0.4 is 10.2 Å². The zero-order chi connectivity index (χ0) is 16.6. The van der Waals surface area contributed by atoms with Crippen molar-refractivity contribution in [3.63, 3.8) is 0 Å². The number of benzene rings is 1. The number of aryl methyl sites for hydroxylation is 1. The Kier molecular flexibility index (Phi) is 4.03. The first-order valence-electron chi connectivity index (χ1n) is 7.85. The van der Waals surface area contributed by atoms with Gasteiger partial charge in [-0.05, 0) is 25.0 Å². The largest absolute Gasteiger partial charge is 0.355 e. The van der Waals surface area contributed by atoms with Crippen LogP contribution in [0.1, 0.15) is 29.2 Å². The number of nitrogens with zero attached hydrogens (tertiary/aromatic N) is 3. The molecule has 0 radical (unpaired) electrons. The van der Waals surface area contributed by atoms with E-state index in [1.54, 1.807) is 0 Å². The summed E-state index contributed by atoms with van der Waals surface area (Å²) in [7, 11) is 3.89. The SMILES string of the molecule is Cc1nc(N(C)C)nc(-c2ccc(C3CNC(=O)C3)cc2)c1C. The average molecular weight is 310 g/mol. The van der Waals surface area contributed by atoms with Gasteiger partial charge in [0.25, 0.3) is 0 Å². The Bertz CT molecular complexity index is 737. The lowest BCUT2D eigenvalue weighted by molar-refractivity contribution is -0.119. The molecular weight excluding hydrogens is 288 g/mol. The van der Waals surface area contributed by atoms with Gasteiger partial charge in [-0.2, -0.15) is 0 Å². The molecule has 5 nitrogen and oxygen atoms in total. The lowest BCUT2D eigenvalue weighted by Crippen LogP contribution is -2.14. The molecule has 1 saturated heterocycles. The van der Waals surface area contributed by atoms with Crippen LogP contribution in [-0.2, 0) is 4.79 Å². The predicted octanol–water partition coefficient (Wildman–Crippen LogP) is 2.43. The smallest absolute Gasteiger partial charge is 0.225 e. The summed E-state index contributed by atoms with van der Waals surface area (Å²) in [4.78, 5) is 22.5. The number of rotatable bonds is 3. The summed E-state index contributed by atoms with van der Waals surface area (Å²) in [5.74, 6) is 1.14. The molecule has 1 fully saturated rings. The highest BCUT2D eigenvalue weighted by Crippen LogP contribution is 2.28. The van der Waals surface area contributed by atoms with Crippen molar-refractivity contribution in [1.82, 2.24) is 15.3 Å². The second-order valence-corrected chi connectivity index (χ2v) is 6.30.